The van der Waals surface area contributed by atoms with Crippen LogP contribution < -0.4 is 5.32 Å². The second-order valence-electron chi connectivity index (χ2n) is 7.28. The summed E-state index contributed by atoms with van der Waals surface area (Å²) < 4.78 is 0. The van der Waals surface area contributed by atoms with Crippen LogP contribution in [-0.2, 0) is 9.59 Å². The zero-order chi connectivity index (χ0) is 16.9. The van der Waals surface area contributed by atoms with Gasteiger partial charge in [-0.25, -0.2) is 0 Å². The number of likely N-dealkylation sites (tertiary alicyclic amines) is 1. The Morgan fingerprint density at radius 1 is 1.12 bits per heavy atom. The molecule has 1 saturated carbocycles. The molecule has 1 heterocycles. The molecule has 1 aliphatic carbocycles. The van der Waals surface area contributed by atoms with Crippen molar-refractivity contribution >= 4 is 11.8 Å². The van der Waals surface area contributed by atoms with Gasteiger partial charge in [-0.2, -0.15) is 0 Å². The minimum atomic E-state index is -0.00201. The Kier molecular flexibility index (Phi) is 5.54. The molecule has 1 saturated heterocycles. The summed E-state index contributed by atoms with van der Waals surface area (Å²) in [5, 5.41) is 2.84. The molecule has 4 heteroatoms. The van der Waals surface area contributed by atoms with Crippen LogP contribution in [0.25, 0.3) is 0 Å². The van der Waals surface area contributed by atoms with E-state index in [1.807, 2.05) is 4.90 Å². The van der Waals surface area contributed by atoms with Crippen molar-refractivity contribution in [3.63, 3.8) is 0 Å². The molecule has 2 aliphatic rings. The molecule has 0 bridgehead atoms. The number of piperidine rings is 1. The maximum Gasteiger partial charge on any atom is 0.241 e. The van der Waals surface area contributed by atoms with Crippen LogP contribution in [0.4, 0.5) is 0 Å². The van der Waals surface area contributed by atoms with E-state index in [0.717, 1.165) is 25.9 Å². The Labute approximate surface area is 144 Å². The van der Waals surface area contributed by atoms with E-state index in [2.05, 4.69) is 36.5 Å². The van der Waals surface area contributed by atoms with Crippen LogP contribution in [-0.4, -0.2) is 36.3 Å². The second-order valence-corrected chi connectivity index (χ2v) is 7.28. The van der Waals surface area contributed by atoms with Crippen LogP contribution in [0, 0.1) is 12.8 Å². The van der Waals surface area contributed by atoms with Crippen LogP contribution in [0.2, 0.25) is 0 Å². The molecule has 1 aromatic carbocycles. The van der Waals surface area contributed by atoms with E-state index >= 15 is 0 Å². The summed E-state index contributed by atoms with van der Waals surface area (Å²) in [6, 6.07) is 8.51. The zero-order valence-electron chi connectivity index (χ0n) is 14.6. The molecule has 1 aromatic rings. The number of benzene rings is 1. The summed E-state index contributed by atoms with van der Waals surface area (Å²) in [5.74, 6) is 0.964. The normalized spacial score (nSPS) is 19.0. The minimum Gasteiger partial charge on any atom is -0.347 e. The summed E-state index contributed by atoms with van der Waals surface area (Å²) in [4.78, 5) is 26.4. The largest absolute Gasteiger partial charge is 0.347 e. The lowest BCUT2D eigenvalue weighted by Gasteiger charge is -2.26. The molecule has 0 aromatic heterocycles. The highest BCUT2D eigenvalue weighted by Gasteiger charge is 2.33. The maximum absolute atomic E-state index is 12.3. The molecule has 2 amide bonds. The fourth-order valence-electron chi connectivity index (χ4n) is 3.57. The topological polar surface area (TPSA) is 49.4 Å². The molecule has 130 valence electrons. The fourth-order valence-corrected chi connectivity index (χ4v) is 3.57. The van der Waals surface area contributed by atoms with Crippen LogP contribution >= 0.6 is 0 Å². The van der Waals surface area contributed by atoms with Gasteiger partial charge in [-0.05, 0) is 56.4 Å². The SMILES string of the molecule is Cc1ccc(C(CC(=O)NCC(=O)N2CCCCC2)C2CC2)cc1. The third-order valence-corrected chi connectivity index (χ3v) is 5.25. The van der Waals surface area contributed by atoms with E-state index < -0.39 is 0 Å². The Morgan fingerprint density at radius 3 is 2.42 bits per heavy atom. The fraction of sp³-hybridized carbons (Fsp3) is 0.600. The molecule has 2 fully saturated rings. The van der Waals surface area contributed by atoms with Gasteiger partial charge in [0.1, 0.15) is 0 Å². The van der Waals surface area contributed by atoms with Crippen molar-refractivity contribution in [2.24, 2.45) is 5.92 Å². The summed E-state index contributed by atoms with van der Waals surface area (Å²) in [7, 11) is 0. The lowest BCUT2D eigenvalue weighted by Crippen LogP contribution is -2.42. The monoisotopic (exact) mass is 328 g/mol. The van der Waals surface area contributed by atoms with Crippen LogP contribution in [0.3, 0.4) is 0 Å². The number of hydrogen-bond acceptors (Lipinski definition) is 2. The Hall–Kier alpha value is -1.84. The summed E-state index contributed by atoms with van der Waals surface area (Å²) in [5.41, 5.74) is 2.49. The third-order valence-electron chi connectivity index (χ3n) is 5.25. The molecule has 1 N–H and O–H groups in total. The van der Waals surface area contributed by atoms with Gasteiger partial charge < -0.3 is 10.2 Å². The molecule has 1 aliphatic heterocycles. The highest BCUT2D eigenvalue weighted by molar-refractivity contribution is 5.85. The number of carbonyl (C=O) groups is 2. The summed E-state index contributed by atoms with van der Waals surface area (Å²) in [6.45, 7) is 3.89. The number of nitrogens with one attached hydrogen (secondary N) is 1. The van der Waals surface area contributed by atoms with Gasteiger partial charge in [-0.1, -0.05) is 29.8 Å². The Morgan fingerprint density at radius 2 is 1.79 bits per heavy atom. The zero-order valence-corrected chi connectivity index (χ0v) is 14.6. The number of carbonyl (C=O) groups excluding carboxylic acids is 2. The molecule has 1 unspecified atom stereocenters. The van der Waals surface area contributed by atoms with E-state index in [4.69, 9.17) is 0 Å². The van der Waals surface area contributed by atoms with E-state index in [0.29, 0.717) is 12.3 Å². The highest BCUT2D eigenvalue weighted by atomic mass is 16.2. The van der Waals surface area contributed by atoms with Gasteiger partial charge in [0.05, 0.1) is 6.54 Å². The predicted octanol–water partition coefficient (Wildman–Crippen LogP) is 3.01. The van der Waals surface area contributed by atoms with Crippen LogP contribution in [0.15, 0.2) is 24.3 Å². The second kappa shape index (κ2) is 7.82. The van der Waals surface area contributed by atoms with Crippen LogP contribution in [0.5, 0.6) is 0 Å². The number of hydrogen-bond donors (Lipinski definition) is 1. The molecule has 1 atom stereocenters. The number of aryl methyl sites for hydroxylation is 1. The standard InChI is InChI=1S/C20H28N2O2/c1-15-5-7-16(8-6-15)18(17-9-10-17)13-19(23)21-14-20(24)22-11-3-2-4-12-22/h5-8,17-18H,2-4,9-14H2,1H3,(H,21,23). The first-order valence-electron chi connectivity index (χ1n) is 9.24. The van der Waals surface area contributed by atoms with Crippen molar-refractivity contribution in [3.8, 4) is 0 Å². The molecular formula is C20H28N2O2. The number of rotatable bonds is 6. The molecule has 3 rings (SSSR count). The van der Waals surface area contributed by atoms with Gasteiger partial charge in [0.15, 0.2) is 0 Å². The van der Waals surface area contributed by atoms with Crippen molar-refractivity contribution in [1.82, 2.24) is 10.2 Å². The molecular weight excluding hydrogens is 300 g/mol. The number of amides is 2. The van der Waals surface area contributed by atoms with E-state index in [9.17, 15) is 9.59 Å². The average molecular weight is 328 g/mol. The van der Waals surface area contributed by atoms with Crippen molar-refractivity contribution in [3.05, 3.63) is 35.4 Å². The van der Waals surface area contributed by atoms with Crippen molar-refractivity contribution in [2.75, 3.05) is 19.6 Å². The quantitative estimate of drug-likeness (QED) is 0.873. The lowest BCUT2D eigenvalue weighted by atomic mass is 9.90. The van der Waals surface area contributed by atoms with E-state index in [1.165, 1.54) is 30.4 Å². The lowest BCUT2D eigenvalue weighted by molar-refractivity contribution is -0.133. The highest BCUT2D eigenvalue weighted by Crippen LogP contribution is 2.44. The van der Waals surface area contributed by atoms with Gasteiger partial charge in [0.2, 0.25) is 11.8 Å². The van der Waals surface area contributed by atoms with Crippen LogP contribution in [0.1, 0.15) is 55.6 Å². The maximum atomic E-state index is 12.3. The first-order valence-corrected chi connectivity index (χ1v) is 9.24. The van der Waals surface area contributed by atoms with Gasteiger partial charge in [0.25, 0.3) is 0 Å². The van der Waals surface area contributed by atoms with Gasteiger partial charge >= 0.3 is 0 Å². The Balaban J connectivity index is 1.50. The van der Waals surface area contributed by atoms with Crippen molar-refractivity contribution in [1.29, 1.82) is 0 Å². The average Bonchev–Trinajstić information content (AvgIpc) is 3.44. The molecule has 0 radical (unpaired) electrons. The first-order chi connectivity index (χ1) is 11.6. The van der Waals surface area contributed by atoms with Gasteiger partial charge in [-0.3, -0.25) is 9.59 Å². The van der Waals surface area contributed by atoms with Gasteiger partial charge in [0, 0.05) is 19.5 Å². The van der Waals surface area contributed by atoms with Gasteiger partial charge in [-0.15, -0.1) is 0 Å². The molecule has 24 heavy (non-hydrogen) atoms. The van der Waals surface area contributed by atoms with Crippen molar-refractivity contribution in [2.45, 2.75) is 51.4 Å². The molecule has 4 nitrogen and oxygen atoms in total. The molecule has 0 spiro atoms. The summed E-state index contributed by atoms with van der Waals surface area (Å²) in [6.07, 6.45) is 6.27. The first kappa shape index (κ1) is 17.0. The number of nitrogens with zero attached hydrogens (tertiary/aromatic N) is 1. The predicted molar refractivity (Wildman–Crippen MR) is 94.7 cm³/mol. The smallest absolute Gasteiger partial charge is 0.241 e. The summed E-state index contributed by atoms with van der Waals surface area (Å²) >= 11 is 0. The van der Waals surface area contributed by atoms with E-state index in [1.54, 1.807) is 0 Å². The van der Waals surface area contributed by atoms with Crippen molar-refractivity contribution < 1.29 is 9.59 Å². The van der Waals surface area contributed by atoms with E-state index in [-0.39, 0.29) is 24.3 Å². The Bertz CT molecular complexity index is 572. The minimum absolute atomic E-state index is 0.00201. The third kappa shape index (κ3) is 4.59.